The summed E-state index contributed by atoms with van der Waals surface area (Å²) in [6.45, 7) is 2.08. The van der Waals surface area contributed by atoms with E-state index >= 15 is 0 Å². The number of aliphatic hydroxyl groups excluding tert-OH is 2. The zero-order valence-electron chi connectivity index (χ0n) is 11.2. The number of amides is 1. The van der Waals surface area contributed by atoms with Crippen molar-refractivity contribution in [3.8, 4) is 0 Å². The molecule has 0 radical (unpaired) electrons. The number of hydrogen-bond acceptors (Lipinski definition) is 4. The fourth-order valence-electron chi connectivity index (χ4n) is 1.53. The molecule has 1 aromatic carbocycles. The van der Waals surface area contributed by atoms with E-state index in [0.29, 0.717) is 13.0 Å². The molecule has 0 aromatic heterocycles. The fraction of sp³-hybridized carbons (Fsp3) is 0.500. The average molecular weight is 266 g/mol. The molecule has 1 unspecified atom stereocenters. The van der Waals surface area contributed by atoms with Crippen LogP contribution in [0.15, 0.2) is 24.3 Å². The lowest BCUT2D eigenvalue weighted by atomic mass is 10.2. The Morgan fingerprint density at radius 2 is 1.89 bits per heavy atom. The zero-order chi connectivity index (χ0) is 14.1. The first-order chi connectivity index (χ1) is 9.15. The molecule has 5 nitrogen and oxygen atoms in total. The Bertz CT molecular complexity index is 379. The number of unbranched alkanes of at least 4 members (excludes halogenated alkanes) is 1. The number of carbonyl (C=O) groups excluding carboxylic acids is 1. The van der Waals surface area contributed by atoms with Gasteiger partial charge in [0.05, 0.1) is 12.7 Å². The first-order valence-corrected chi connectivity index (χ1v) is 6.58. The minimum atomic E-state index is -0.770. The van der Waals surface area contributed by atoms with Gasteiger partial charge >= 0.3 is 0 Å². The molecular formula is C14H22N2O3. The second-order valence-corrected chi connectivity index (χ2v) is 4.45. The summed E-state index contributed by atoms with van der Waals surface area (Å²) in [5.74, 6) is 0.0262. The minimum Gasteiger partial charge on any atom is -0.394 e. The Kier molecular flexibility index (Phi) is 6.92. The molecule has 0 spiro atoms. The molecule has 1 amide bonds. The van der Waals surface area contributed by atoms with Crippen LogP contribution in [0.5, 0.6) is 0 Å². The van der Waals surface area contributed by atoms with Crippen molar-refractivity contribution >= 4 is 17.3 Å². The lowest BCUT2D eigenvalue weighted by molar-refractivity contribution is -0.116. The van der Waals surface area contributed by atoms with E-state index in [2.05, 4.69) is 17.6 Å². The molecule has 0 aliphatic rings. The zero-order valence-corrected chi connectivity index (χ0v) is 11.2. The molecule has 0 saturated carbocycles. The van der Waals surface area contributed by atoms with Crippen LogP contribution in [0.3, 0.4) is 0 Å². The molecule has 0 fully saturated rings. The number of carbonyl (C=O) groups is 1. The van der Waals surface area contributed by atoms with E-state index in [9.17, 15) is 9.90 Å². The van der Waals surface area contributed by atoms with Gasteiger partial charge in [-0.25, -0.2) is 0 Å². The molecule has 4 N–H and O–H groups in total. The normalized spacial score (nSPS) is 11.9. The topological polar surface area (TPSA) is 81.6 Å². The van der Waals surface area contributed by atoms with Crippen LogP contribution in [0.4, 0.5) is 11.4 Å². The molecule has 0 bridgehead atoms. The van der Waals surface area contributed by atoms with E-state index in [4.69, 9.17) is 5.11 Å². The van der Waals surface area contributed by atoms with Gasteiger partial charge in [0.15, 0.2) is 0 Å². The van der Waals surface area contributed by atoms with Crippen LogP contribution in [0.25, 0.3) is 0 Å². The summed E-state index contributed by atoms with van der Waals surface area (Å²) < 4.78 is 0. The van der Waals surface area contributed by atoms with Gasteiger partial charge in [-0.05, 0) is 30.7 Å². The third-order valence-corrected chi connectivity index (χ3v) is 2.68. The van der Waals surface area contributed by atoms with Gasteiger partial charge in [0, 0.05) is 24.3 Å². The molecule has 0 aliphatic heterocycles. The monoisotopic (exact) mass is 266 g/mol. The van der Waals surface area contributed by atoms with Crippen molar-refractivity contribution in [2.75, 3.05) is 23.8 Å². The number of anilines is 2. The number of nitrogens with one attached hydrogen (secondary N) is 2. The van der Waals surface area contributed by atoms with Crippen LogP contribution in [0.1, 0.15) is 26.2 Å². The molecule has 1 atom stereocenters. The standard InChI is InChI=1S/C14H22N2O3/c1-2-3-4-14(19)16-12-7-5-11(6-8-12)15-9-13(18)10-17/h5-8,13,15,17-18H,2-4,9-10H2,1H3,(H,16,19). The van der Waals surface area contributed by atoms with Crippen LogP contribution in [0, 0.1) is 0 Å². The lowest BCUT2D eigenvalue weighted by Crippen LogP contribution is -2.22. The lowest BCUT2D eigenvalue weighted by Gasteiger charge is -2.11. The Hall–Kier alpha value is -1.59. The van der Waals surface area contributed by atoms with Crippen molar-refractivity contribution in [2.45, 2.75) is 32.3 Å². The largest absolute Gasteiger partial charge is 0.394 e. The summed E-state index contributed by atoms with van der Waals surface area (Å²) in [5, 5.41) is 23.7. The summed E-state index contributed by atoms with van der Waals surface area (Å²) in [5.41, 5.74) is 1.59. The van der Waals surface area contributed by atoms with Crippen molar-refractivity contribution < 1.29 is 15.0 Å². The van der Waals surface area contributed by atoms with Crippen molar-refractivity contribution in [1.29, 1.82) is 0 Å². The maximum absolute atomic E-state index is 11.5. The maximum atomic E-state index is 11.5. The first kappa shape index (κ1) is 15.5. The fourth-order valence-corrected chi connectivity index (χ4v) is 1.53. The highest BCUT2D eigenvalue weighted by molar-refractivity contribution is 5.90. The number of rotatable bonds is 8. The highest BCUT2D eigenvalue weighted by Gasteiger charge is 2.03. The second-order valence-electron chi connectivity index (χ2n) is 4.45. The summed E-state index contributed by atoms with van der Waals surface area (Å²) in [4.78, 5) is 11.5. The predicted molar refractivity (Wildman–Crippen MR) is 76.2 cm³/mol. The van der Waals surface area contributed by atoms with Crippen LogP contribution >= 0.6 is 0 Å². The predicted octanol–water partition coefficient (Wildman–Crippen LogP) is 1.58. The van der Waals surface area contributed by atoms with E-state index in [1.807, 2.05) is 12.1 Å². The SMILES string of the molecule is CCCCC(=O)Nc1ccc(NCC(O)CO)cc1. The second kappa shape index (κ2) is 8.50. The summed E-state index contributed by atoms with van der Waals surface area (Å²) in [7, 11) is 0. The van der Waals surface area contributed by atoms with Crippen LogP contribution in [0.2, 0.25) is 0 Å². The van der Waals surface area contributed by atoms with Gasteiger partial charge in [0.1, 0.15) is 0 Å². The van der Waals surface area contributed by atoms with E-state index < -0.39 is 6.10 Å². The summed E-state index contributed by atoms with van der Waals surface area (Å²) in [6, 6.07) is 7.24. The van der Waals surface area contributed by atoms with Crippen LogP contribution in [-0.2, 0) is 4.79 Å². The van der Waals surface area contributed by atoms with Crippen molar-refractivity contribution in [3.63, 3.8) is 0 Å². The van der Waals surface area contributed by atoms with Crippen LogP contribution in [-0.4, -0.2) is 35.4 Å². The minimum absolute atomic E-state index is 0.0262. The molecule has 0 aliphatic carbocycles. The summed E-state index contributed by atoms with van der Waals surface area (Å²) >= 11 is 0. The third kappa shape index (κ3) is 6.22. The smallest absolute Gasteiger partial charge is 0.224 e. The quantitative estimate of drug-likeness (QED) is 0.576. The van der Waals surface area contributed by atoms with Crippen molar-refractivity contribution in [3.05, 3.63) is 24.3 Å². The number of aliphatic hydroxyl groups is 2. The Balaban J connectivity index is 2.40. The van der Waals surface area contributed by atoms with Gasteiger partial charge in [-0.15, -0.1) is 0 Å². The number of benzene rings is 1. The molecule has 1 rings (SSSR count). The van der Waals surface area contributed by atoms with Gasteiger partial charge in [-0.1, -0.05) is 13.3 Å². The molecule has 0 heterocycles. The van der Waals surface area contributed by atoms with Gasteiger partial charge in [-0.2, -0.15) is 0 Å². The molecule has 0 saturated heterocycles. The molecule has 106 valence electrons. The molecule has 5 heteroatoms. The van der Waals surface area contributed by atoms with E-state index in [1.54, 1.807) is 12.1 Å². The Morgan fingerprint density at radius 3 is 2.47 bits per heavy atom. The molecular weight excluding hydrogens is 244 g/mol. The average Bonchev–Trinajstić information content (AvgIpc) is 2.44. The number of hydrogen-bond donors (Lipinski definition) is 4. The Labute approximate surface area is 113 Å². The highest BCUT2D eigenvalue weighted by atomic mass is 16.3. The molecule has 19 heavy (non-hydrogen) atoms. The summed E-state index contributed by atoms with van der Waals surface area (Å²) in [6.07, 6.45) is 1.67. The third-order valence-electron chi connectivity index (χ3n) is 2.68. The van der Waals surface area contributed by atoms with Crippen molar-refractivity contribution in [2.24, 2.45) is 0 Å². The van der Waals surface area contributed by atoms with Gasteiger partial charge in [0.2, 0.25) is 5.91 Å². The van der Waals surface area contributed by atoms with Gasteiger partial charge < -0.3 is 20.8 Å². The van der Waals surface area contributed by atoms with E-state index in [-0.39, 0.29) is 12.5 Å². The Morgan fingerprint density at radius 1 is 1.26 bits per heavy atom. The van der Waals surface area contributed by atoms with Crippen LogP contribution < -0.4 is 10.6 Å². The maximum Gasteiger partial charge on any atom is 0.224 e. The van der Waals surface area contributed by atoms with E-state index in [0.717, 1.165) is 24.2 Å². The van der Waals surface area contributed by atoms with Crippen molar-refractivity contribution in [1.82, 2.24) is 0 Å². The van der Waals surface area contributed by atoms with Gasteiger partial charge in [-0.3, -0.25) is 4.79 Å². The first-order valence-electron chi connectivity index (χ1n) is 6.58. The highest BCUT2D eigenvalue weighted by Crippen LogP contribution is 2.14. The van der Waals surface area contributed by atoms with Gasteiger partial charge in [0.25, 0.3) is 0 Å². The van der Waals surface area contributed by atoms with E-state index in [1.165, 1.54) is 0 Å². The molecule has 1 aromatic rings.